The van der Waals surface area contributed by atoms with Crippen LogP contribution >= 0.6 is 0 Å². The average molecular weight is 259 g/mol. The Balaban J connectivity index is 2.55. The highest BCUT2D eigenvalue weighted by molar-refractivity contribution is 5.75. The molecule has 0 aliphatic heterocycles. The molecular weight excluding hydrogens is 244 g/mol. The van der Waals surface area contributed by atoms with Crippen LogP contribution in [0.5, 0.6) is 5.75 Å². The Hall–Kier alpha value is -1.69. The number of alkyl halides is 2. The van der Waals surface area contributed by atoms with E-state index in [2.05, 4.69) is 4.74 Å². The molecule has 0 saturated heterocycles. The van der Waals surface area contributed by atoms with Crippen molar-refractivity contribution in [2.75, 3.05) is 6.61 Å². The highest BCUT2D eigenvalue weighted by Crippen LogP contribution is 2.15. The van der Waals surface area contributed by atoms with Crippen molar-refractivity contribution in [2.24, 2.45) is 5.73 Å². The van der Waals surface area contributed by atoms with Gasteiger partial charge in [0.2, 0.25) is 0 Å². The van der Waals surface area contributed by atoms with Crippen molar-refractivity contribution in [3.8, 4) is 5.75 Å². The Morgan fingerprint density at radius 2 is 1.94 bits per heavy atom. The third-order valence-corrected chi connectivity index (χ3v) is 2.19. The number of carbonyl (C=O) groups is 1. The molecule has 0 saturated carbocycles. The van der Waals surface area contributed by atoms with Gasteiger partial charge < -0.3 is 15.2 Å². The van der Waals surface area contributed by atoms with Crippen LogP contribution in [0.25, 0.3) is 0 Å². The summed E-state index contributed by atoms with van der Waals surface area (Å²) >= 11 is 0. The van der Waals surface area contributed by atoms with Gasteiger partial charge in [-0.25, -0.2) is 0 Å². The summed E-state index contributed by atoms with van der Waals surface area (Å²) in [6, 6.07) is 5.21. The average Bonchev–Trinajstić information content (AvgIpc) is 2.31. The number of hydrogen-bond donors (Lipinski definition) is 1. The minimum absolute atomic E-state index is 0.0680. The van der Waals surface area contributed by atoms with Crippen molar-refractivity contribution in [3.63, 3.8) is 0 Å². The number of esters is 1. The predicted molar refractivity (Wildman–Crippen MR) is 61.4 cm³/mol. The van der Waals surface area contributed by atoms with Crippen molar-refractivity contribution < 1.29 is 23.0 Å². The van der Waals surface area contributed by atoms with Crippen molar-refractivity contribution in [3.05, 3.63) is 29.8 Å². The van der Waals surface area contributed by atoms with Gasteiger partial charge in [-0.2, -0.15) is 8.78 Å². The largest absolute Gasteiger partial charge is 0.465 e. The standard InChI is InChI=1S/C12H15F2NO3/c1-2-17-11(16)10(15)7-8-3-5-9(6-4-8)18-12(13)14/h3-6,10,12H,2,7,15H2,1H3. The SMILES string of the molecule is CCOC(=O)C(N)Cc1ccc(OC(F)F)cc1. The first kappa shape index (κ1) is 14.4. The highest BCUT2D eigenvalue weighted by atomic mass is 19.3. The molecule has 18 heavy (non-hydrogen) atoms. The number of nitrogens with two attached hydrogens (primary N) is 1. The lowest BCUT2D eigenvalue weighted by Crippen LogP contribution is -2.34. The van der Waals surface area contributed by atoms with Crippen LogP contribution in [-0.4, -0.2) is 25.2 Å². The Morgan fingerprint density at radius 1 is 1.33 bits per heavy atom. The fraction of sp³-hybridized carbons (Fsp3) is 0.417. The number of benzene rings is 1. The molecule has 100 valence electrons. The third-order valence-electron chi connectivity index (χ3n) is 2.19. The fourth-order valence-electron chi connectivity index (χ4n) is 1.39. The van der Waals surface area contributed by atoms with Crippen LogP contribution in [0.1, 0.15) is 12.5 Å². The lowest BCUT2D eigenvalue weighted by atomic mass is 10.1. The van der Waals surface area contributed by atoms with Gasteiger partial charge >= 0.3 is 12.6 Å². The molecule has 0 aromatic heterocycles. The number of carbonyl (C=O) groups excluding carboxylic acids is 1. The van der Waals surface area contributed by atoms with E-state index in [4.69, 9.17) is 10.5 Å². The molecule has 1 aromatic carbocycles. The van der Waals surface area contributed by atoms with Crippen LogP contribution in [-0.2, 0) is 16.0 Å². The lowest BCUT2D eigenvalue weighted by molar-refractivity contribution is -0.144. The first-order chi connectivity index (χ1) is 8.52. The second kappa shape index (κ2) is 6.90. The van der Waals surface area contributed by atoms with Gasteiger partial charge in [0.05, 0.1) is 6.61 Å². The van der Waals surface area contributed by atoms with Crippen molar-refractivity contribution >= 4 is 5.97 Å². The van der Waals surface area contributed by atoms with Crippen LogP contribution < -0.4 is 10.5 Å². The molecule has 6 heteroatoms. The molecule has 0 aliphatic rings. The Kier molecular flexibility index (Phi) is 5.51. The van der Waals surface area contributed by atoms with E-state index in [9.17, 15) is 13.6 Å². The maximum Gasteiger partial charge on any atom is 0.387 e. The van der Waals surface area contributed by atoms with Crippen LogP contribution in [0.15, 0.2) is 24.3 Å². The van der Waals surface area contributed by atoms with Gasteiger partial charge in [0.15, 0.2) is 0 Å². The van der Waals surface area contributed by atoms with Gasteiger partial charge in [-0.15, -0.1) is 0 Å². The minimum Gasteiger partial charge on any atom is -0.465 e. The molecule has 0 bridgehead atoms. The normalized spacial score (nSPS) is 12.3. The van der Waals surface area contributed by atoms with E-state index in [1.165, 1.54) is 12.1 Å². The molecule has 0 amide bonds. The van der Waals surface area contributed by atoms with Crippen molar-refractivity contribution in [1.29, 1.82) is 0 Å². The Bertz CT molecular complexity index is 381. The lowest BCUT2D eigenvalue weighted by Gasteiger charge is -2.11. The maximum atomic E-state index is 11.9. The predicted octanol–water partition coefficient (Wildman–Crippen LogP) is 1.72. The summed E-state index contributed by atoms with van der Waals surface area (Å²) in [6.07, 6.45) is 0.286. The molecule has 1 atom stereocenters. The molecule has 4 nitrogen and oxygen atoms in total. The molecule has 1 rings (SSSR count). The first-order valence-electron chi connectivity index (χ1n) is 5.49. The summed E-state index contributed by atoms with van der Waals surface area (Å²) < 4.78 is 32.8. The number of rotatable bonds is 6. The van der Waals surface area contributed by atoms with E-state index in [-0.39, 0.29) is 18.8 Å². The second-order valence-corrected chi connectivity index (χ2v) is 3.59. The minimum atomic E-state index is -2.85. The third kappa shape index (κ3) is 4.67. The molecule has 0 radical (unpaired) electrons. The van der Waals surface area contributed by atoms with Gasteiger partial charge in [-0.3, -0.25) is 4.79 Å². The van der Waals surface area contributed by atoms with E-state index in [0.717, 1.165) is 5.56 Å². The quantitative estimate of drug-likeness (QED) is 0.790. The van der Waals surface area contributed by atoms with E-state index in [1.807, 2.05) is 0 Å². The molecule has 0 fully saturated rings. The molecule has 1 unspecified atom stereocenters. The number of hydrogen-bond acceptors (Lipinski definition) is 4. The zero-order chi connectivity index (χ0) is 13.5. The van der Waals surface area contributed by atoms with E-state index in [0.29, 0.717) is 0 Å². The van der Waals surface area contributed by atoms with Gasteiger partial charge in [0, 0.05) is 0 Å². The van der Waals surface area contributed by atoms with Gasteiger partial charge in [0.25, 0.3) is 0 Å². The van der Waals surface area contributed by atoms with Crippen LogP contribution in [0.2, 0.25) is 0 Å². The maximum absolute atomic E-state index is 11.9. The highest BCUT2D eigenvalue weighted by Gasteiger charge is 2.15. The van der Waals surface area contributed by atoms with Crippen molar-refractivity contribution in [1.82, 2.24) is 0 Å². The molecule has 0 aliphatic carbocycles. The molecule has 0 spiro atoms. The van der Waals surface area contributed by atoms with Crippen LogP contribution in [0, 0.1) is 0 Å². The topological polar surface area (TPSA) is 61.5 Å². The van der Waals surface area contributed by atoms with E-state index in [1.54, 1.807) is 19.1 Å². The van der Waals surface area contributed by atoms with E-state index < -0.39 is 18.6 Å². The smallest absolute Gasteiger partial charge is 0.387 e. The Morgan fingerprint density at radius 3 is 2.44 bits per heavy atom. The van der Waals surface area contributed by atoms with Gasteiger partial charge in [0.1, 0.15) is 11.8 Å². The number of ether oxygens (including phenoxy) is 2. The van der Waals surface area contributed by atoms with Gasteiger partial charge in [-0.1, -0.05) is 12.1 Å². The monoisotopic (exact) mass is 259 g/mol. The van der Waals surface area contributed by atoms with Gasteiger partial charge in [-0.05, 0) is 31.0 Å². The summed E-state index contributed by atoms with van der Waals surface area (Å²) in [5.74, 6) is -0.413. The molecule has 2 N–H and O–H groups in total. The summed E-state index contributed by atoms with van der Waals surface area (Å²) in [7, 11) is 0. The molecular formula is C12H15F2NO3. The molecule has 1 aromatic rings. The summed E-state index contributed by atoms with van der Waals surface area (Å²) in [4.78, 5) is 11.3. The Labute approximate surface area is 104 Å². The first-order valence-corrected chi connectivity index (χ1v) is 5.49. The number of halogens is 2. The zero-order valence-corrected chi connectivity index (χ0v) is 9.94. The summed E-state index contributed by atoms with van der Waals surface area (Å²) in [5.41, 5.74) is 6.38. The van der Waals surface area contributed by atoms with Crippen molar-refractivity contribution in [2.45, 2.75) is 26.0 Å². The van der Waals surface area contributed by atoms with Crippen LogP contribution in [0.4, 0.5) is 8.78 Å². The summed E-state index contributed by atoms with van der Waals surface area (Å²) in [6.45, 7) is -0.882. The zero-order valence-electron chi connectivity index (χ0n) is 9.94. The fourth-order valence-corrected chi connectivity index (χ4v) is 1.39. The summed E-state index contributed by atoms with van der Waals surface area (Å²) in [5, 5.41) is 0. The van der Waals surface area contributed by atoms with Crippen LogP contribution in [0.3, 0.4) is 0 Å². The second-order valence-electron chi connectivity index (χ2n) is 3.59. The molecule has 0 heterocycles. The van der Waals surface area contributed by atoms with E-state index >= 15 is 0 Å².